The molecule has 0 unspecified atom stereocenters. The number of piperidine rings is 1. The second kappa shape index (κ2) is 9.39. The minimum absolute atomic E-state index is 0.0158. The molecular formula is C20H29N5O2. The van der Waals surface area contributed by atoms with Gasteiger partial charge in [-0.25, -0.2) is 4.98 Å². The van der Waals surface area contributed by atoms with Crippen LogP contribution in [0.15, 0.2) is 35.6 Å². The Kier molecular flexibility index (Phi) is 6.68. The lowest BCUT2D eigenvalue weighted by Crippen LogP contribution is -2.46. The van der Waals surface area contributed by atoms with Crippen molar-refractivity contribution in [2.75, 3.05) is 32.8 Å². The van der Waals surface area contributed by atoms with E-state index < -0.39 is 0 Å². The summed E-state index contributed by atoms with van der Waals surface area (Å²) in [6.07, 6.45) is 6.50. The number of guanidine groups is 1. The van der Waals surface area contributed by atoms with Crippen LogP contribution in [0.2, 0.25) is 0 Å². The first-order valence-electron chi connectivity index (χ1n) is 9.83. The third-order valence-corrected chi connectivity index (χ3v) is 4.79. The summed E-state index contributed by atoms with van der Waals surface area (Å²) in [5.41, 5.74) is 2.01. The van der Waals surface area contributed by atoms with Gasteiger partial charge in [0.05, 0.1) is 18.2 Å². The summed E-state index contributed by atoms with van der Waals surface area (Å²) in [5.74, 6) is 0.872. The molecule has 0 radical (unpaired) electrons. The summed E-state index contributed by atoms with van der Waals surface area (Å²) < 4.78 is 7.18. The fraction of sp³-hybridized carbons (Fsp3) is 0.550. The molecule has 1 N–H and O–H groups in total. The Morgan fingerprint density at radius 1 is 1.33 bits per heavy atom. The second-order valence-electron chi connectivity index (χ2n) is 6.70. The van der Waals surface area contributed by atoms with Crippen LogP contribution in [0.3, 0.4) is 0 Å². The molecule has 0 spiro atoms. The molecule has 2 aromatic rings. The van der Waals surface area contributed by atoms with Crippen LogP contribution < -0.4 is 5.32 Å². The molecule has 7 nitrogen and oxygen atoms in total. The van der Waals surface area contributed by atoms with Crippen molar-refractivity contribution in [1.82, 2.24) is 19.6 Å². The minimum atomic E-state index is -0.0639. The lowest BCUT2D eigenvalue weighted by atomic mass is 9.97. The van der Waals surface area contributed by atoms with Crippen molar-refractivity contribution >= 4 is 17.6 Å². The van der Waals surface area contributed by atoms with E-state index in [1.807, 2.05) is 35.7 Å². The highest BCUT2D eigenvalue weighted by molar-refractivity contribution is 5.80. The summed E-state index contributed by atoms with van der Waals surface area (Å²) in [5, 5.41) is 3.37. The molecule has 3 rings (SSSR count). The Balaban J connectivity index is 1.56. The van der Waals surface area contributed by atoms with Crippen molar-refractivity contribution in [2.45, 2.75) is 33.1 Å². The van der Waals surface area contributed by atoms with Crippen molar-refractivity contribution in [1.29, 1.82) is 0 Å². The number of rotatable bonds is 6. The highest BCUT2D eigenvalue weighted by Crippen LogP contribution is 2.18. The highest BCUT2D eigenvalue weighted by Gasteiger charge is 2.27. The number of pyridine rings is 1. The number of carbonyl (C=O) groups is 1. The Hall–Kier alpha value is -2.57. The van der Waals surface area contributed by atoms with Gasteiger partial charge in [-0.3, -0.25) is 9.79 Å². The quantitative estimate of drug-likeness (QED) is 0.478. The van der Waals surface area contributed by atoms with Crippen LogP contribution in [0, 0.1) is 5.92 Å². The normalized spacial score (nSPS) is 15.9. The first kappa shape index (κ1) is 19.2. The Morgan fingerprint density at radius 3 is 2.85 bits per heavy atom. The summed E-state index contributed by atoms with van der Waals surface area (Å²) >= 11 is 0. The SMILES string of the molecule is CCNC(=NCCc1cn2ccccc2n1)N1CCC(C(=O)OCC)CC1. The molecule has 7 heteroatoms. The zero-order valence-electron chi connectivity index (χ0n) is 16.2. The number of ether oxygens (including phenoxy) is 1. The summed E-state index contributed by atoms with van der Waals surface area (Å²) in [7, 11) is 0. The molecule has 27 heavy (non-hydrogen) atoms. The van der Waals surface area contributed by atoms with Gasteiger partial charge in [0.25, 0.3) is 0 Å². The van der Waals surface area contributed by atoms with Gasteiger partial charge in [-0.15, -0.1) is 0 Å². The first-order valence-corrected chi connectivity index (χ1v) is 9.83. The molecule has 1 aliphatic heterocycles. The van der Waals surface area contributed by atoms with E-state index in [-0.39, 0.29) is 11.9 Å². The molecule has 0 aromatic carbocycles. The minimum Gasteiger partial charge on any atom is -0.466 e. The molecule has 0 saturated carbocycles. The number of fused-ring (bicyclic) bond motifs is 1. The van der Waals surface area contributed by atoms with Crippen LogP contribution in [-0.4, -0.2) is 59.0 Å². The lowest BCUT2D eigenvalue weighted by molar-refractivity contribution is -0.149. The number of aliphatic imine (C=N–C) groups is 1. The second-order valence-corrected chi connectivity index (χ2v) is 6.70. The number of likely N-dealkylation sites (tertiary alicyclic amines) is 1. The predicted octanol–water partition coefficient (Wildman–Crippen LogP) is 2.12. The standard InChI is InChI=1S/C20H29N5O2/c1-3-21-20(24-13-9-16(10-14-24)19(26)27-4-2)22-11-8-17-15-25-12-6-5-7-18(25)23-17/h5-7,12,15-16H,3-4,8-11,13-14H2,1-2H3,(H,21,22). The van der Waals surface area contributed by atoms with Gasteiger partial charge >= 0.3 is 5.97 Å². The first-order chi connectivity index (χ1) is 13.2. The van der Waals surface area contributed by atoms with E-state index >= 15 is 0 Å². The highest BCUT2D eigenvalue weighted by atomic mass is 16.5. The Morgan fingerprint density at radius 2 is 2.15 bits per heavy atom. The lowest BCUT2D eigenvalue weighted by Gasteiger charge is -2.33. The van der Waals surface area contributed by atoms with Crippen molar-refractivity contribution in [2.24, 2.45) is 10.9 Å². The smallest absolute Gasteiger partial charge is 0.309 e. The molecule has 0 amide bonds. The van der Waals surface area contributed by atoms with Gasteiger partial charge in [0.2, 0.25) is 0 Å². The van der Waals surface area contributed by atoms with Gasteiger partial charge in [0, 0.05) is 45.0 Å². The van der Waals surface area contributed by atoms with Crippen LogP contribution in [0.1, 0.15) is 32.4 Å². The number of hydrogen-bond acceptors (Lipinski definition) is 4. The largest absolute Gasteiger partial charge is 0.466 e. The molecule has 146 valence electrons. The molecule has 1 aliphatic rings. The topological polar surface area (TPSA) is 71.2 Å². The molecule has 0 aliphatic carbocycles. The van der Waals surface area contributed by atoms with Gasteiger partial charge in [-0.1, -0.05) is 6.07 Å². The van der Waals surface area contributed by atoms with E-state index in [1.54, 1.807) is 0 Å². The Labute approximate surface area is 160 Å². The van der Waals surface area contributed by atoms with Gasteiger partial charge < -0.3 is 19.4 Å². The Bertz CT molecular complexity index is 745. The number of carbonyl (C=O) groups excluding carboxylic acids is 1. The summed E-state index contributed by atoms with van der Waals surface area (Å²) in [4.78, 5) is 23.5. The third-order valence-electron chi connectivity index (χ3n) is 4.79. The molecule has 0 bridgehead atoms. The van der Waals surface area contributed by atoms with E-state index in [4.69, 9.17) is 9.73 Å². The van der Waals surface area contributed by atoms with E-state index in [0.717, 1.165) is 56.2 Å². The summed E-state index contributed by atoms with van der Waals surface area (Å²) in [6.45, 7) is 7.53. The molecule has 1 saturated heterocycles. The number of nitrogens with zero attached hydrogens (tertiary/aromatic N) is 4. The predicted molar refractivity (Wildman–Crippen MR) is 106 cm³/mol. The molecule has 3 heterocycles. The number of nitrogens with one attached hydrogen (secondary N) is 1. The molecule has 2 aromatic heterocycles. The maximum absolute atomic E-state index is 11.9. The zero-order chi connectivity index (χ0) is 19.1. The summed E-state index contributed by atoms with van der Waals surface area (Å²) in [6, 6.07) is 6.00. The van der Waals surface area contributed by atoms with Crippen LogP contribution in [0.25, 0.3) is 5.65 Å². The fourth-order valence-electron chi connectivity index (χ4n) is 3.40. The van der Waals surface area contributed by atoms with Crippen molar-refractivity contribution in [3.63, 3.8) is 0 Å². The van der Waals surface area contributed by atoms with Crippen molar-refractivity contribution in [3.05, 3.63) is 36.3 Å². The third kappa shape index (κ3) is 4.99. The zero-order valence-corrected chi connectivity index (χ0v) is 16.2. The van der Waals surface area contributed by atoms with Gasteiger partial charge in [-0.05, 0) is 38.8 Å². The average Bonchev–Trinajstić information content (AvgIpc) is 3.10. The number of hydrogen-bond donors (Lipinski definition) is 1. The number of esters is 1. The number of imidazole rings is 1. The fourth-order valence-corrected chi connectivity index (χ4v) is 3.40. The van der Waals surface area contributed by atoms with E-state index in [0.29, 0.717) is 13.2 Å². The van der Waals surface area contributed by atoms with E-state index in [9.17, 15) is 4.79 Å². The van der Waals surface area contributed by atoms with Gasteiger partial charge in [0.15, 0.2) is 5.96 Å². The maximum Gasteiger partial charge on any atom is 0.309 e. The van der Waals surface area contributed by atoms with E-state index in [1.165, 1.54) is 0 Å². The van der Waals surface area contributed by atoms with Crippen LogP contribution in [0.4, 0.5) is 0 Å². The average molecular weight is 371 g/mol. The van der Waals surface area contributed by atoms with Crippen molar-refractivity contribution < 1.29 is 9.53 Å². The molecular weight excluding hydrogens is 342 g/mol. The number of aromatic nitrogens is 2. The van der Waals surface area contributed by atoms with E-state index in [2.05, 4.69) is 28.3 Å². The maximum atomic E-state index is 11.9. The van der Waals surface area contributed by atoms with Crippen LogP contribution >= 0.6 is 0 Å². The monoisotopic (exact) mass is 371 g/mol. The van der Waals surface area contributed by atoms with Crippen molar-refractivity contribution in [3.8, 4) is 0 Å². The van der Waals surface area contributed by atoms with Gasteiger partial charge in [-0.2, -0.15) is 0 Å². The van der Waals surface area contributed by atoms with Crippen LogP contribution in [0.5, 0.6) is 0 Å². The van der Waals surface area contributed by atoms with Gasteiger partial charge in [0.1, 0.15) is 5.65 Å². The van der Waals surface area contributed by atoms with Crippen LogP contribution in [-0.2, 0) is 16.0 Å². The molecule has 1 fully saturated rings. The molecule has 0 atom stereocenters.